The zero-order chi connectivity index (χ0) is 23.6. The minimum atomic E-state index is -0.0534. The van der Waals surface area contributed by atoms with Crippen LogP contribution < -0.4 is 0 Å². The van der Waals surface area contributed by atoms with E-state index in [1.165, 1.54) is 0 Å². The highest BCUT2D eigenvalue weighted by Crippen LogP contribution is 2.31. The summed E-state index contributed by atoms with van der Waals surface area (Å²) in [6.45, 7) is 14.1. The van der Waals surface area contributed by atoms with E-state index in [4.69, 9.17) is 24.1 Å². The third-order valence-corrected chi connectivity index (χ3v) is 4.28. The third-order valence-electron chi connectivity index (χ3n) is 4.28. The van der Waals surface area contributed by atoms with Crippen LogP contribution in [0.4, 0.5) is 0 Å². The molecule has 7 nitrogen and oxygen atoms in total. The molecule has 31 heavy (non-hydrogen) atoms. The average molecular weight is 447 g/mol. The van der Waals surface area contributed by atoms with Crippen LogP contribution in [0.5, 0.6) is 0 Å². The summed E-state index contributed by atoms with van der Waals surface area (Å²) in [5, 5.41) is 8.19. The second kappa shape index (κ2) is 18.5. The summed E-state index contributed by atoms with van der Waals surface area (Å²) >= 11 is 0. The van der Waals surface area contributed by atoms with E-state index in [-0.39, 0.29) is 30.7 Å². The fraction of sp³-hybridized carbons (Fsp3) is 0.917. The van der Waals surface area contributed by atoms with Crippen molar-refractivity contribution in [3.8, 4) is 0 Å². The molecule has 0 aliphatic heterocycles. The van der Waals surface area contributed by atoms with E-state index < -0.39 is 0 Å². The van der Waals surface area contributed by atoms with Gasteiger partial charge in [-0.15, -0.1) is 0 Å². The van der Waals surface area contributed by atoms with Crippen LogP contribution in [0, 0.1) is 11.8 Å². The van der Waals surface area contributed by atoms with Crippen molar-refractivity contribution in [2.75, 3.05) is 33.0 Å². The van der Waals surface area contributed by atoms with Crippen LogP contribution in [0.1, 0.15) is 80.1 Å². The van der Waals surface area contributed by atoms with Crippen molar-refractivity contribution in [2.45, 2.75) is 98.4 Å². The first-order chi connectivity index (χ1) is 14.7. The van der Waals surface area contributed by atoms with Crippen molar-refractivity contribution in [2.24, 2.45) is 11.8 Å². The Morgan fingerprint density at radius 3 is 1.65 bits per heavy atom. The van der Waals surface area contributed by atoms with Crippen molar-refractivity contribution < 1.29 is 33.6 Å². The lowest BCUT2D eigenvalue weighted by atomic mass is 10.1. The maximum atomic E-state index is 11.2. The van der Waals surface area contributed by atoms with Crippen LogP contribution in [0.3, 0.4) is 0 Å². The van der Waals surface area contributed by atoms with Gasteiger partial charge in [-0.25, -0.2) is 0 Å². The molecule has 2 aliphatic carbocycles. The predicted molar refractivity (Wildman–Crippen MR) is 121 cm³/mol. The van der Waals surface area contributed by atoms with Gasteiger partial charge in [0.05, 0.1) is 44.1 Å². The number of Topliss-reactive ketones (excluding diaryl/α,β-unsaturated/α-hetero) is 1. The molecule has 184 valence electrons. The lowest BCUT2D eigenvalue weighted by molar-refractivity contribution is -0.147. The molecule has 0 radical (unpaired) electrons. The van der Waals surface area contributed by atoms with E-state index in [1.54, 1.807) is 0 Å². The Bertz CT molecular complexity index is 419. The normalized spacial score (nSPS) is 15.3. The monoisotopic (exact) mass is 446 g/mol. The van der Waals surface area contributed by atoms with E-state index in [2.05, 4.69) is 0 Å². The van der Waals surface area contributed by atoms with E-state index in [9.17, 15) is 9.59 Å². The number of ketones is 1. The predicted octanol–water partition coefficient (Wildman–Crippen LogP) is 3.94. The van der Waals surface area contributed by atoms with Gasteiger partial charge in [-0.2, -0.15) is 0 Å². The standard InChI is InChI=1S/C10H18O2.C9H16O3.C5H12O2/c1-8(2)12-7-3-4-10(11)9-5-6-9;1-7(2)11-5-6-12-9(10)8-3-4-8;1-5(2)7-4-3-6/h8-9H,3-7H2,1-2H3;7-8H,3-6H2,1-2H3;5-6H,3-4H2,1-2H3. The molecule has 0 aromatic carbocycles. The van der Waals surface area contributed by atoms with Crippen LogP contribution in [0.2, 0.25) is 0 Å². The minimum absolute atomic E-state index is 0.0534. The van der Waals surface area contributed by atoms with E-state index in [1.807, 2.05) is 41.5 Å². The molecular weight excluding hydrogens is 400 g/mol. The molecule has 2 saturated carbocycles. The zero-order valence-electron chi connectivity index (χ0n) is 20.6. The van der Waals surface area contributed by atoms with Crippen LogP contribution in [-0.2, 0) is 28.5 Å². The van der Waals surface area contributed by atoms with E-state index >= 15 is 0 Å². The minimum Gasteiger partial charge on any atom is -0.463 e. The van der Waals surface area contributed by atoms with Crippen LogP contribution >= 0.6 is 0 Å². The smallest absolute Gasteiger partial charge is 0.309 e. The summed E-state index contributed by atoms with van der Waals surface area (Å²) in [6.07, 6.45) is 6.63. The Morgan fingerprint density at radius 1 is 0.742 bits per heavy atom. The second-order valence-electron chi connectivity index (χ2n) is 8.77. The highest BCUT2D eigenvalue weighted by molar-refractivity contribution is 5.83. The van der Waals surface area contributed by atoms with Gasteiger partial charge in [0, 0.05) is 18.9 Å². The maximum absolute atomic E-state index is 11.2. The highest BCUT2D eigenvalue weighted by Gasteiger charge is 2.31. The molecule has 0 aromatic heterocycles. The van der Waals surface area contributed by atoms with Crippen molar-refractivity contribution in [1.29, 1.82) is 0 Å². The molecule has 2 aliphatic rings. The summed E-state index contributed by atoms with van der Waals surface area (Å²) in [5.41, 5.74) is 0. The molecule has 0 bridgehead atoms. The van der Waals surface area contributed by atoms with Gasteiger partial charge in [0.15, 0.2) is 0 Å². The molecule has 0 spiro atoms. The molecule has 7 heteroatoms. The van der Waals surface area contributed by atoms with Gasteiger partial charge in [0.25, 0.3) is 0 Å². The fourth-order valence-corrected chi connectivity index (χ4v) is 2.33. The number of esters is 1. The van der Waals surface area contributed by atoms with Gasteiger partial charge < -0.3 is 24.1 Å². The number of carbonyl (C=O) groups is 2. The molecule has 2 rings (SSSR count). The van der Waals surface area contributed by atoms with Gasteiger partial charge in [-0.05, 0) is 73.6 Å². The van der Waals surface area contributed by atoms with E-state index in [0.29, 0.717) is 37.6 Å². The SMILES string of the molecule is CC(C)OCCCC(=O)C1CC1.CC(C)OCCO.CC(C)OCCOC(=O)C1CC1. The molecule has 0 atom stereocenters. The number of hydrogen-bond acceptors (Lipinski definition) is 7. The zero-order valence-corrected chi connectivity index (χ0v) is 20.6. The molecule has 0 saturated heterocycles. The Hall–Kier alpha value is -1.02. The van der Waals surface area contributed by atoms with Gasteiger partial charge in [0.1, 0.15) is 12.4 Å². The molecule has 0 unspecified atom stereocenters. The summed E-state index contributed by atoms with van der Waals surface area (Å²) < 4.78 is 20.4. The van der Waals surface area contributed by atoms with Gasteiger partial charge in [0.2, 0.25) is 0 Å². The third kappa shape index (κ3) is 22.0. The molecule has 0 heterocycles. The quantitative estimate of drug-likeness (QED) is 0.319. The number of carbonyl (C=O) groups excluding carboxylic acids is 2. The summed E-state index contributed by atoms with van der Waals surface area (Å²) in [4.78, 5) is 22.2. The maximum Gasteiger partial charge on any atom is 0.309 e. The first-order valence-corrected chi connectivity index (χ1v) is 11.8. The molecule has 2 fully saturated rings. The molecule has 0 amide bonds. The lowest BCUT2D eigenvalue weighted by Gasteiger charge is -2.07. The van der Waals surface area contributed by atoms with E-state index in [0.717, 1.165) is 45.1 Å². The van der Waals surface area contributed by atoms with Crippen molar-refractivity contribution in [3.05, 3.63) is 0 Å². The van der Waals surface area contributed by atoms with Crippen molar-refractivity contribution in [1.82, 2.24) is 0 Å². The van der Waals surface area contributed by atoms with Crippen LogP contribution in [0.25, 0.3) is 0 Å². The number of aliphatic hydroxyl groups is 1. The number of rotatable bonds is 14. The van der Waals surface area contributed by atoms with Gasteiger partial charge in [-0.1, -0.05) is 0 Å². The lowest BCUT2D eigenvalue weighted by Crippen LogP contribution is -2.14. The molecule has 0 aromatic rings. The number of hydrogen-bond donors (Lipinski definition) is 1. The van der Waals surface area contributed by atoms with Crippen molar-refractivity contribution >= 4 is 11.8 Å². The largest absolute Gasteiger partial charge is 0.463 e. The van der Waals surface area contributed by atoms with Gasteiger partial charge >= 0.3 is 5.97 Å². The molecule has 1 N–H and O–H groups in total. The Kier molecular flexibility index (Phi) is 17.9. The average Bonchev–Trinajstić information content (AvgIpc) is 3.58. The summed E-state index contributed by atoms with van der Waals surface area (Å²) in [6, 6.07) is 0. The first kappa shape index (κ1) is 30.0. The first-order valence-electron chi connectivity index (χ1n) is 11.8. The summed E-state index contributed by atoms with van der Waals surface area (Å²) in [7, 11) is 0. The highest BCUT2D eigenvalue weighted by atomic mass is 16.6. The Morgan fingerprint density at radius 2 is 1.23 bits per heavy atom. The van der Waals surface area contributed by atoms with Gasteiger partial charge in [-0.3, -0.25) is 9.59 Å². The molecular formula is C24H46O7. The van der Waals surface area contributed by atoms with Crippen LogP contribution in [-0.4, -0.2) is 68.2 Å². The Balaban J connectivity index is 0.000000454. The number of aliphatic hydroxyl groups excluding tert-OH is 1. The Labute approximate surface area is 189 Å². The fourth-order valence-electron chi connectivity index (χ4n) is 2.33. The second-order valence-corrected chi connectivity index (χ2v) is 8.77. The van der Waals surface area contributed by atoms with Crippen molar-refractivity contribution in [3.63, 3.8) is 0 Å². The number of ether oxygens (including phenoxy) is 4. The van der Waals surface area contributed by atoms with Crippen LogP contribution in [0.15, 0.2) is 0 Å². The summed E-state index contributed by atoms with van der Waals surface area (Å²) in [5.74, 6) is 1.01. The topological polar surface area (TPSA) is 91.3 Å².